The predicted molar refractivity (Wildman–Crippen MR) is 93.8 cm³/mol. The maximum Gasteiger partial charge on any atom is 0.230 e. The van der Waals surface area contributed by atoms with Crippen LogP contribution >= 0.6 is 12.4 Å². The number of hydrogen-bond acceptors (Lipinski definition) is 3. The molecule has 2 aliphatic heterocycles. The van der Waals surface area contributed by atoms with Crippen molar-refractivity contribution in [2.75, 3.05) is 32.8 Å². The average molecular weight is 339 g/mol. The summed E-state index contributed by atoms with van der Waals surface area (Å²) in [6.07, 6.45) is 3.63. The van der Waals surface area contributed by atoms with E-state index in [4.69, 9.17) is 10.5 Å². The number of carbonyl (C=O) groups excluding carboxylic acids is 1. The number of hydrogen-bond donors (Lipinski definition) is 1. The van der Waals surface area contributed by atoms with Gasteiger partial charge in [-0.25, -0.2) is 0 Å². The molecule has 2 saturated heterocycles. The number of piperidine rings is 1. The van der Waals surface area contributed by atoms with Crippen LogP contribution in [0.1, 0.15) is 37.2 Å². The third-order valence-electron chi connectivity index (χ3n) is 5.35. The molecule has 4 nitrogen and oxygen atoms in total. The Labute approximate surface area is 144 Å². The van der Waals surface area contributed by atoms with Gasteiger partial charge in [-0.05, 0) is 37.2 Å². The molecule has 0 saturated carbocycles. The van der Waals surface area contributed by atoms with Gasteiger partial charge in [0, 0.05) is 32.8 Å². The maximum atomic E-state index is 12.9. The van der Waals surface area contributed by atoms with Crippen molar-refractivity contribution in [1.29, 1.82) is 0 Å². The van der Waals surface area contributed by atoms with Crippen LogP contribution in [0.2, 0.25) is 0 Å². The van der Waals surface area contributed by atoms with Gasteiger partial charge in [0.2, 0.25) is 5.91 Å². The second-order valence-corrected chi connectivity index (χ2v) is 6.57. The van der Waals surface area contributed by atoms with Gasteiger partial charge in [-0.1, -0.05) is 30.3 Å². The van der Waals surface area contributed by atoms with Crippen LogP contribution in [0.15, 0.2) is 30.3 Å². The number of halogens is 1. The molecule has 0 spiro atoms. The van der Waals surface area contributed by atoms with Crippen molar-refractivity contribution in [3.8, 4) is 0 Å². The molecule has 1 aromatic rings. The molecule has 0 radical (unpaired) electrons. The second kappa shape index (κ2) is 8.13. The molecular weight excluding hydrogens is 312 g/mol. The van der Waals surface area contributed by atoms with Crippen molar-refractivity contribution in [3.63, 3.8) is 0 Å². The Morgan fingerprint density at radius 2 is 1.78 bits per heavy atom. The van der Waals surface area contributed by atoms with Crippen LogP contribution in [0, 0.1) is 5.41 Å². The fraction of sp³-hybridized carbons (Fsp3) is 0.611. The Kier molecular flexibility index (Phi) is 6.45. The SMILES string of the molecule is Cl.NCC1(C(=O)N2CCC(c3ccccc3)CC2)CCOCC1. The van der Waals surface area contributed by atoms with E-state index >= 15 is 0 Å². The highest BCUT2D eigenvalue weighted by Gasteiger charge is 2.42. The number of likely N-dealkylation sites (tertiary alicyclic amines) is 1. The van der Waals surface area contributed by atoms with Crippen LogP contribution in [0.4, 0.5) is 0 Å². The van der Waals surface area contributed by atoms with E-state index in [-0.39, 0.29) is 23.7 Å². The minimum Gasteiger partial charge on any atom is -0.381 e. The molecule has 128 valence electrons. The molecule has 0 atom stereocenters. The molecule has 0 bridgehead atoms. The zero-order valence-corrected chi connectivity index (χ0v) is 14.4. The number of rotatable bonds is 3. The summed E-state index contributed by atoms with van der Waals surface area (Å²) in [4.78, 5) is 15.0. The van der Waals surface area contributed by atoms with Gasteiger partial charge in [-0.15, -0.1) is 12.4 Å². The lowest BCUT2D eigenvalue weighted by molar-refractivity contribution is -0.148. The van der Waals surface area contributed by atoms with Crippen molar-refractivity contribution >= 4 is 18.3 Å². The lowest BCUT2D eigenvalue weighted by Crippen LogP contribution is -2.52. The Morgan fingerprint density at radius 3 is 2.35 bits per heavy atom. The minimum atomic E-state index is -0.377. The molecular formula is C18H27ClN2O2. The summed E-state index contributed by atoms with van der Waals surface area (Å²) in [5, 5.41) is 0. The van der Waals surface area contributed by atoms with Gasteiger partial charge in [0.05, 0.1) is 5.41 Å². The quantitative estimate of drug-likeness (QED) is 0.921. The molecule has 3 rings (SSSR count). The van der Waals surface area contributed by atoms with Gasteiger partial charge >= 0.3 is 0 Å². The first kappa shape index (κ1) is 18.2. The molecule has 0 aliphatic carbocycles. The van der Waals surface area contributed by atoms with Crippen molar-refractivity contribution in [1.82, 2.24) is 4.90 Å². The van der Waals surface area contributed by atoms with Crippen molar-refractivity contribution in [2.24, 2.45) is 11.1 Å². The third kappa shape index (κ3) is 3.87. The summed E-state index contributed by atoms with van der Waals surface area (Å²) in [6, 6.07) is 10.6. The molecule has 0 aromatic heterocycles. The first-order chi connectivity index (χ1) is 10.7. The summed E-state index contributed by atoms with van der Waals surface area (Å²) < 4.78 is 5.41. The fourth-order valence-electron chi connectivity index (χ4n) is 3.74. The number of ether oxygens (including phenoxy) is 1. The molecule has 2 fully saturated rings. The van der Waals surface area contributed by atoms with Crippen molar-refractivity contribution < 1.29 is 9.53 Å². The third-order valence-corrected chi connectivity index (χ3v) is 5.35. The largest absolute Gasteiger partial charge is 0.381 e. The van der Waals surface area contributed by atoms with E-state index < -0.39 is 0 Å². The van der Waals surface area contributed by atoms with E-state index in [2.05, 4.69) is 30.3 Å². The van der Waals surface area contributed by atoms with E-state index in [1.165, 1.54) is 5.56 Å². The van der Waals surface area contributed by atoms with Crippen molar-refractivity contribution in [3.05, 3.63) is 35.9 Å². The van der Waals surface area contributed by atoms with Crippen LogP contribution in [-0.4, -0.2) is 43.7 Å². The van der Waals surface area contributed by atoms with Crippen LogP contribution in [0.5, 0.6) is 0 Å². The van der Waals surface area contributed by atoms with Gasteiger partial charge < -0.3 is 15.4 Å². The topological polar surface area (TPSA) is 55.6 Å². The Balaban J connectivity index is 0.00000192. The van der Waals surface area contributed by atoms with Crippen LogP contribution in [-0.2, 0) is 9.53 Å². The van der Waals surface area contributed by atoms with Gasteiger partial charge in [0.15, 0.2) is 0 Å². The monoisotopic (exact) mass is 338 g/mol. The molecule has 2 aliphatic rings. The first-order valence-electron chi connectivity index (χ1n) is 8.37. The van der Waals surface area contributed by atoms with E-state index in [1.807, 2.05) is 4.90 Å². The molecule has 1 amide bonds. The molecule has 1 aromatic carbocycles. The Bertz CT molecular complexity index is 495. The van der Waals surface area contributed by atoms with Gasteiger partial charge in [-0.2, -0.15) is 0 Å². The van der Waals surface area contributed by atoms with E-state index in [0.717, 1.165) is 38.8 Å². The Hall–Kier alpha value is -1.10. The minimum absolute atomic E-state index is 0. The number of amides is 1. The van der Waals surface area contributed by atoms with E-state index in [0.29, 0.717) is 25.7 Å². The average Bonchev–Trinajstić information content (AvgIpc) is 2.62. The fourth-order valence-corrected chi connectivity index (χ4v) is 3.74. The number of carbonyl (C=O) groups is 1. The van der Waals surface area contributed by atoms with E-state index in [9.17, 15) is 4.79 Å². The summed E-state index contributed by atoms with van der Waals surface area (Å²) in [5.74, 6) is 0.832. The summed E-state index contributed by atoms with van der Waals surface area (Å²) >= 11 is 0. The lowest BCUT2D eigenvalue weighted by atomic mass is 9.78. The highest BCUT2D eigenvalue weighted by Crippen LogP contribution is 2.34. The highest BCUT2D eigenvalue weighted by molar-refractivity contribution is 5.85. The predicted octanol–water partition coefficient (Wildman–Crippen LogP) is 2.57. The summed E-state index contributed by atoms with van der Waals surface area (Å²) in [6.45, 7) is 3.45. The Morgan fingerprint density at radius 1 is 1.17 bits per heavy atom. The molecule has 0 unspecified atom stereocenters. The zero-order valence-electron chi connectivity index (χ0n) is 13.6. The zero-order chi connectivity index (χ0) is 15.4. The first-order valence-corrected chi connectivity index (χ1v) is 8.37. The number of benzene rings is 1. The van der Waals surface area contributed by atoms with Gasteiger partial charge in [0.1, 0.15) is 0 Å². The smallest absolute Gasteiger partial charge is 0.230 e. The van der Waals surface area contributed by atoms with Crippen LogP contribution < -0.4 is 5.73 Å². The van der Waals surface area contributed by atoms with Crippen LogP contribution in [0.25, 0.3) is 0 Å². The normalized spacial score (nSPS) is 21.5. The van der Waals surface area contributed by atoms with Gasteiger partial charge in [0.25, 0.3) is 0 Å². The lowest BCUT2D eigenvalue weighted by Gasteiger charge is -2.41. The molecule has 5 heteroatoms. The maximum absolute atomic E-state index is 12.9. The summed E-state index contributed by atoms with van der Waals surface area (Å²) in [7, 11) is 0. The van der Waals surface area contributed by atoms with Crippen molar-refractivity contribution in [2.45, 2.75) is 31.6 Å². The van der Waals surface area contributed by atoms with Gasteiger partial charge in [-0.3, -0.25) is 4.79 Å². The second-order valence-electron chi connectivity index (χ2n) is 6.57. The van der Waals surface area contributed by atoms with E-state index in [1.54, 1.807) is 0 Å². The number of nitrogens with zero attached hydrogens (tertiary/aromatic N) is 1. The number of nitrogens with two attached hydrogens (primary N) is 1. The molecule has 2 heterocycles. The highest BCUT2D eigenvalue weighted by atomic mass is 35.5. The standard InChI is InChI=1S/C18H26N2O2.ClH/c19-14-18(8-12-22-13-9-18)17(21)20-10-6-16(7-11-20)15-4-2-1-3-5-15;/h1-5,16H,6-14,19H2;1H. The molecule has 2 N–H and O–H groups in total. The molecule has 23 heavy (non-hydrogen) atoms. The summed E-state index contributed by atoms with van der Waals surface area (Å²) in [5.41, 5.74) is 6.98. The van der Waals surface area contributed by atoms with Crippen LogP contribution in [0.3, 0.4) is 0 Å².